The standard InChI is InChI=1S/C23H36BrN5O7.C23H34BrN5O6.C2H4O2.CH4/c1-22(2,3)35-20(32)26-9-7-17(30)29-16-13-15(24)14-28-19(16)25-11-12-34-18(31)8-10-27-21(33)36-23(4,5)6;1-22(2,3)34-20(31)25-9-7-17-28-16-13-15(24)14-27-19(16)29(17)11-12-33-18(30)8-10-26-21(32)35-23(4,5)6;1-2(3)4;/h13-14H,7-12H2,1-6H3,(H,25,28)(H,26,32)(H,27,33)(H,29,30);13-14H,7-12H2,1-6H3,(H,25,31)(H,26,32);1H3,(H,3,4);1H4. The van der Waals surface area contributed by atoms with Gasteiger partial charge in [0.2, 0.25) is 5.91 Å². The molecule has 428 valence electrons. The summed E-state index contributed by atoms with van der Waals surface area (Å²) < 4.78 is 34.3. The number of anilines is 2. The molecule has 3 rings (SSSR count). The number of aromatic nitrogens is 4. The Morgan fingerprint density at radius 1 is 0.592 bits per heavy atom. The number of nitrogens with one attached hydrogen (secondary N) is 6. The second-order valence-electron chi connectivity index (χ2n) is 19.9. The van der Waals surface area contributed by atoms with E-state index in [1.165, 1.54) is 0 Å². The zero-order valence-electron chi connectivity index (χ0n) is 45.0. The summed E-state index contributed by atoms with van der Waals surface area (Å²) in [5.74, 6) is -1.03. The molecule has 25 nitrogen and oxygen atoms in total. The van der Waals surface area contributed by atoms with Crippen molar-refractivity contribution in [2.75, 3.05) is 56.6 Å². The monoisotopic (exact) mass is 1200 g/mol. The third-order valence-electron chi connectivity index (χ3n) is 8.03. The number of carbonyl (C=O) groups excluding carboxylic acids is 7. The molecule has 3 aromatic rings. The van der Waals surface area contributed by atoms with Crippen LogP contribution in [0.4, 0.5) is 30.7 Å². The molecule has 3 heterocycles. The molecule has 0 aliphatic carbocycles. The maximum absolute atomic E-state index is 12.3. The minimum atomic E-state index is -0.833. The van der Waals surface area contributed by atoms with Gasteiger partial charge in [0.1, 0.15) is 52.8 Å². The maximum Gasteiger partial charge on any atom is 0.407 e. The first-order chi connectivity index (χ1) is 34.6. The van der Waals surface area contributed by atoms with Gasteiger partial charge in [-0.1, -0.05) is 7.43 Å². The molecule has 7 N–H and O–H groups in total. The zero-order chi connectivity index (χ0) is 57.2. The Bertz CT molecular complexity index is 2370. The molecule has 0 saturated carbocycles. The van der Waals surface area contributed by atoms with E-state index < -0.39 is 64.7 Å². The Hall–Kier alpha value is -6.51. The van der Waals surface area contributed by atoms with Crippen molar-refractivity contribution in [2.45, 2.75) is 152 Å². The van der Waals surface area contributed by atoms with E-state index >= 15 is 0 Å². The van der Waals surface area contributed by atoms with Gasteiger partial charge in [-0.05, 0) is 127 Å². The van der Waals surface area contributed by atoms with E-state index in [4.69, 9.17) is 38.3 Å². The topological polar surface area (TPSA) is 328 Å². The quantitative estimate of drug-likeness (QED) is 0.0320. The highest BCUT2D eigenvalue weighted by atomic mass is 79.9. The van der Waals surface area contributed by atoms with E-state index in [-0.39, 0.29) is 72.0 Å². The van der Waals surface area contributed by atoms with Crippen LogP contribution in [0.5, 0.6) is 0 Å². The van der Waals surface area contributed by atoms with Crippen LogP contribution in [0.3, 0.4) is 0 Å². The van der Waals surface area contributed by atoms with Crippen molar-refractivity contribution in [3.05, 3.63) is 39.3 Å². The van der Waals surface area contributed by atoms with Gasteiger partial charge < -0.3 is 70.0 Å². The molecule has 0 unspecified atom stereocenters. The number of esters is 2. The van der Waals surface area contributed by atoms with Gasteiger partial charge in [-0.15, -0.1) is 0 Å². The number of rotatable bonds is 20. The summed E-state index contributed by atoms with van der Waals surface area (Å²) in [6, 6.07) is 3.51. The molecular weight excluding hydrogens is 1130 g/mol. The van der Waals surface area contributed by atoms with Crippen molar-refractivity contribution in [3.63, 3.8) is 0 Å². The molecule has 27 heteroatoms. The number of carboxylic acids is 1. The largest absolute Gasteiger partial charge is 0.481 e. The lowest BCUT2D eigenvalue weighted by Gasteiger charge is -2.19. The molecule has 5 amide bonds. The number of pyridine rings is 2. The molecule has 0 bridgehead atoms. The van der Waals surface area contributed by atoms with Crippen molar-refractivity contribution in [3.8, 4) is 0 Å². The summed E-state index contributed by atoms with van der Waals surface area (Å²) in [5, 5.41) is 23.4. The lowest BCUT2D eigenvalue weighted by molar-refractivity contribution is -0.144. The Balaban J connectivity index is 0.00000136. The van der Waals surface area contributed by atoms with Crippen LogP contribution < -0.4 is 31.9 Å². The zero-order valence-corrected chi connectivity index (χ0v) is 48.2. The number of ether oxygens (including phenoxy) is 6. The molecule has 0 spiro atoms. The average molecular weight is 1210 g/mol. The van der Waals surface area contributed by atoms with Crippen LogP contribution in [0.15, 0.2) is 33.5 Å². The molecule has 0 aliphatic rings. The summed E-state index contributed by atoms with van der Waals surface area (Å²) in [7, 11) is 0. The fourth-order valence-corrected chi connectivity index (χ4v) is 6.07. The highest BCUT2D eigenvalue weighted by Crippen LogP contribution is 2.24. The molecule has 0 saturated heterocycles. The number of imidazole rings is 1. The minimum Gasteiger partial charge on any atom is -0.481 e. The van der Waals surface area contributed by atoms with Gasteiger partial charge in [-0.3, -0.25) is 19.2 Å². The van der Waals surface area contributed by atoms with Crippen LogP contribution in [0.1, 0.15) is 123 Å². The van der Waals surface area contributed by atoms with Gasteiger partial charge in [0, 0.05) is 67.3 Å². The van der Waals surface area contributed by atoms with Gasteiger partial charge in [-0.25, -0.2) is 34.1 Å². The van der Waals surface area contributed by atoms with Crippen LogP contribution in [0.25, 0.3) is 11.2 Å². The molecule has 0 atom stereocenters. The number of halogens is 2. The Morgan fingerprint density at radius 2 is 1.00 bits per heavy atom. The lowest BCUT2D eigenvalue weighted by Crippen LogP contribution is -2.34. The fourth-order valence-electron chi connectivity index (χ4n) is 5.42. The van der Waals surface area contributed by atoms with Crippen molar-refractivity contribution in [2.24, 2.45) is 0 Å². The first-order valence-corrected chi connectivity index (χ1v) is 25.3. The third-order valence-corrected chi connectivity index (χ3v) is 8.89. The smallest absolute Gasteiger partial charge is 0.407 e. The summed E-state index contributed by atoms with van der Waals surface area (Å²) in [6.07, 6.45) is 1.39. The number of alkyl carbamates (subject to hydrolysis) is 4. The number of aliphatic carboxylic acids is 1. The summed E-state index contributed by atoms with van der Waals surface area (Å²) >= 11 is 6.71. The fraction of sp³-hybridized carbons (Fsp3) is 0.612. The second kappa shape index (κ2) is 33.5. The predicted molar refractivity (Wildman–Crippen MR) is 291 cm³/mol. The van der Waals surface area contributed by atoms with E-state index in [2.05, 4.69) is 78.7 Å². The van der Waals surface area contributed by atoms with Crippen LogP contribution >= 0.6 is 31.9 Å². The number of amides is 5. The summed E-state index contributed by atoms with van der Waals surface area (Å²) in [4.78, 5) is 105. The number of nitrogens with zero attached hydrogens (tertiary/aromatic N) is 4. The molecular formula is C49H78Br2N10O15. The summed E-state index contributed by atoms with van der Waals surface area (Å²) in [6.45, 7) is 23.6. The van der Waals surface area contributed by atoms with Crippen molar-refractivity contribution in [1.82, 2.24) is 40.8 Å². The number of hydrogen-bond donors (Lipinski definition) is 7. The number of fused-ring (bicyclic) bond motifs is 1. The van der Waals surface area contributed by atoms with Crippen molar-refractivity contribution >= 4 is 103 Å². The second-order valence-corrected chi connectivity index (χ2v) is 21.7. The molecule has 3 aromatic heterocycles. The van der Waals surface area contributed by atoms with Gasteiger partial charge in [0.25, 0.3) is 5.97 Å². The van der Waals surface area contributed by atoms with Crippen LogP contribution in [-0.2, 0) is 60.6 Å². The highest BCUT2D eigenvalue weighted by Gasteiger charge is 2.21. The van der Waals surface area contributed by atoms with Gasteiger partial charge in [0.05, 0.1) is 31.6 Å². The molecule has 0 aromatic carbocycles. The molecule has 0 radical (unpaired) electrons. The van der Waals surface area contributed by atoms with Gasteiger partial charge in [-0.2, -0.15) is 0 Å². The third kappa shape index (κ3) is 34.9. The van der Waals surface area contributed by atoms with E-state index in [1.807, 2.05) is 10.6 Å². The maximum atomic E-state index is 12.3. The van der Waals surface area contributed by atoms with Crippen molar-refractivity contribution in [1.29, 1.82) is 0 Å². The van der Waals surface area contributed by atoms with E-state index in [1.54, 1.807) is 102 Å². The number of hydrogen-bond acceptors (Lipinski definition) is 18. The Labute approximate surface area is 461 Å². The normalized spacial score (nSPS) is 11.0. The first kappa shape index (κ1) is 69.5. The SMILES string of the molecule is C.CC(=O)O.CC(C)(C)OC(=O)NCCC(=O)Nc1cc(Br)cnc1NCCOC(=O)CCNC(=O)OC(C)(C)C.CC(C)(C)OC(=O)NCCC(=O)OCCn1c(CCNC(=O)OC(C)(C)C)nc2cc(Br)cnc21. The van der Waals surface area contributed by atoms with E-state index in [0.29, 0.717) is 52.5 Å². The average Bonchev–Trinajstić information content (AvgIpc) is 3.56. The van der Waals surface area contributed by atoms with Gasteiger partial charge >= 0.3 is 36.3 Å². The van der Waals surface area contributed by atoms with Crippen LogP contribution in [0.2, 0.25) is 0 Å². The first-order valence-electron chi connectivity index (χ1n) is 23.7. The predicted octanol–water partition coefficient (Wildman–Crippen LogP) is 8.01. The van der Waals surface area contributed by atoms with E-state index in [9.17, 15) is 33.6 Å². The number of carboxylic acid groups (broad SMARTS) is 1. The Morgan fingerprint density at radius 3 is 1.46 bits per heavy atom. The van der Waals surface area contributed by atoms with Crippen molar-refractivity contribution < 1.29 is 71.9 Å². The molecule has 0 aliphatic heterocycles. The number of carbonyl (C=O) groups is 8. The minimum absolute atomic E-state index is 0. The molecule has 0 fully saturated rings. The van der Waals surface area contributed by atoms with Gasteiger partial charge in [0.15, 0.2) is 5.65 Å². The summed E-state index contributed by atoms with van der Waals surface area (Å²) in [5.41, 5.74) is -0.698. The highest BCUT2D eigenvalue weighted by molar-refractivity contribution is 9.10. The lowest BCUT2D eigenvalue weighted by atomic mass is 10.2. The van der Waals surface area contributed by atoms with Crippen LogP contribution in [0, 0.1) is 0 Å². The van der Waals surface area contributed by atoms with E-state index in [0.717, 1.165) is 11.4 Å². The van der Waals surface area contributed by atoms with Crippen LogP contribution in [-0.4, -0.2) is 141 Å². The Kier molecular flexibility index (Phi) is 30.6. The molecule has 76 heavy (non-hydrogen) atoms.